The summed E-state index contributed by atoms with van der Waals surface area (Å²) < 4.78 is 5.44. The van der Waals surface area contributed by atoms with E-state index in [1.54, 1.807) is 0 Å². The Bertz CT molecular complexity index is 303. The quantitative estimate of drug-likeness (QED) is 0.473. The van der Waals surface area contributed by atoms with Gasteiger partial charge in [-0.2, -0.15) is 0 Å². The predicted molar refractivity (Wildman–Crippen MR) is 54.7 cm³/mol. The molecule has 0 aromatic carbocycles. The molecule has 2 unspecified atom stereocenters. The molecule has 2 heteroatoms. The van der Waals surface area contributed by atoms with Gasteiger partial charge in [-0.05, 0) is 30.8 Å². The Kier molecular flexibility index (Phi) is 1.82. The van der Waals surface area contributed by atoms with Gasteiger partial charge in [-0.1, -0.05) is 19.9 Å². The highest BCUT2D eigenvalue weighted by atomic mass is 16.6. The molecule has 3 aliphatic rings. The molecule has 14 heavy (non-hydrogen) atoms. The van der Waals surface area contributed by atoms with Crippen LogP contribution in [0.5, 0.6) is 0 Å². The summed E-state index contributed by atoms with van der Waals surface area (Å²) in [5.74, 6) is 0.975. The molecule has 0 amide bonds. The van der Waals surface area contributed by atoms with E-state index in [9.17, 15) is 4.79 Å². The van der Waals surface area contributed by atoms with Crippen LogP contribution in [0, 0.1) is 17.3 Å². The predicted octanol–water partition coefficient (Wildman–Crippen LogP) is 2.54. The molecule has 3 aliphatic carbocycles. The van der Waals surface area contributed by atoms with Gasteiger partial charge in [0, 0.05) is 12.8 Å². The number of fused-ring (bicyclic) bond motifs is 1. The summed E-state index contributed by atoms with van der Waals surface area (Å²) in [6, 6.07) is 0. The molecule has 0 saturated heterocycles. The Morgan fingerprint density at radius 3 is 2.50 bits per heavy atom. The molecule has 2 nitrogen and oxygen atoms in total. The van der Waals surface area contributed by atoms with Crippen molar-refractivity contribution in [3.05, 3.63) is 12.2 Å². The van der Waals surface area contributed by atoms with Crippen molar-refractivity contribution in [3.8, 4) is 0 Å². The Hall–Kier alpha value is -0.790. The average Bonchev–Trinajstić information content (AvgIpc) is 2.00. The van der Waals surface area contributed by atoms with Gasteiger partial charge in [0.05, 0.1) is 0 Å². The molecule has 1 saturated carbocycles. The van der Waals surface area contributed by atoms with Crippen LogP contribution in [-0.4, -0.2) is 11.6 Å². The van der Waals surface area contributed by atoms with Crippen molar-refractivity contribution in [3.63, 3.8) is 0 Å². The van der Waals surface area contributed by atoms with Gasteiger partial charge in [-0.3, -0.25) is 4.79 Å². The first-order valence-electron chi connectivity index (χ1n) is 5.25. The first-order valence-corrected chi connectivity index (χ1v) is 5.25. The van der Waals surface area contributed by atoms with Crippen LogP contribution in [0.4, 0.5) is 0 Å². The lowest BCUT2D eigenvalue weighted by atomic mass is 9.47. The third-order valence-electron chi connectivity index (χ3n) is 4.06. The monoisotopic (exact) mass is 194 g/mol. The second kappa shape index (κ2) is 2.62. The van der Waals surface area contributed by atoms with Crippen LogP contribution in [0.2, 0.25) is 0 Å². The molecular weight excluding hydrogens is 176 g/mol. The smallest absolute Gasteiger partial charge is 0.303 e. The average molecular weight is 194 g/mol. The van der Waals surface area contributed by atoms with E-state index < -0.39 is 0 Å². The van der Waals surface area contributed by atoms with Crippen molar-refractivity contribution in [1.29, 1.82) is 0 Å². The molecule has 0 heterocycles. The van der Waals surface area contributed by atoms with Gasteiger partial charge in [0.25, 0.3) is 0 Å². The van der Waals surface area contributed by atoms with Crippen molar-refractivity contribution in [2.75, 3.05) is 0 Å². The summed E-state index contributed by atoms with van der Waals surface area (Å²) in [6.07, 6.45) is 5.44. The van der Waals surface area contributed by atoms with Gasteiger partial charge in [0.15, 0.2) is 0 Å². The first kappa shape index (κ1) is 9.75. The fraction of sp³-hybridized carbons (Fsp3) is 0.750. The molecule has 0 spiro atoms. The summed E-state index contributed by atoms with van der Waals surface area (Å²) in [5, 5.41) is 0. The van der Waals surface area contributed by atoms with Crippen molar-refractivity contribution in [2.24, 2.45) is 17.3 Å². The maximum absolute atomic E-state index is 11.0. The molecule has 78 valence electrons. The fourth-order valence-electron chi connectivity index (χ4n) is 3.10. The van der Waals surface area contributed by atoms with Gasteiger partial charge < -0.3 is 4.74 Å². The fourth-order valence-corrected chi connectivity index (χ4v) is 3.10. The number of esters is 1. The molecule has 2 bridgehead atoms. The number of ether oxygens (including phenoxy) is 1. The van der Waals surface area contributed by atoms with Crippen molar-refractivity contribution in [2.45, 2.75) is 39.7 Å². The number of hydrogen-bond donors (Lipinski definition) is 0. The molecule has 3 atom stereocenters. The van der Waals surface area contributed by atoms with Gasteiger partial charge in [-0.15, -0.1) is 0 Å². The highest BCUT2D eigenvalue weighted by Crippen LogP contribution is 2.60. The largest absolute Gasteiger partial charge is 0.455 e. The van der Waals surface area contributed by atoms with Crippen LogP contribution >= 0.6 is 0 Å². The summed E-state index contributed by atoms with van der Waals surface area (Å²) in [5.41, 5.74) is -0.0803. The second-order valence-corrected chi connectivity index (χ2v) is 5.35. The van der Waals surface area contributed by atoms with E-state index >= 15 is 0 Å². The van der Waals surface area contributed by atoms with Crippen molar-refractivity contribution >= 4 is 5.97 Å². The van der Waals surface area contributed by atoms with E-state index in [2.05, 4.69) is 26.0 Å². The zero-order valence-corrected chi connectivity index (χ0v) is 9.33. The second-order valence-electron chi connectivity index (χ2n) is 5.35. The number of carbonyl (C=O) groups excluding carboxylic acids is 1. The van der Waals surface area contributed by atoms with Crippen molar-refractivity contribution < 1.29 is 9.53 Å². The molecule has 0 aromatic rings. The highest BCUT2D eigenvalue weighted by molar-refractivity contribution is 5.67. The minimum absolute atomic E-state index is 0.182. The molecule has 3 rings (SSSR count). The van der Waals surface area contributed by atoms with Crippen molar-refractivity contribution in [1.82, 2.24) is 0 Å². The SMILES string of the molecule is CC(=O)OC1(C)C=CC2C[C@H]1C2(C)C. The van der Waals surface area contributed by atoms with Gasteiger partial charge >= 0.3 is 5.97 Å². The lowest BCUT2D eigenvalue weighted by Gasteiger charge is -2.60. The topological polar surface area (TPSA) is 26.3 Å². The molecule has 0 radical (unpaired) electrons. The third-order valence-corrected chi connectivity index (χ3v) is 4.06. The maximum Gasteiger partial charge on any atom is 0.303 e. The summed E-state index contributed by atoms with van der Waals surface area (Å²) in [6.45, 7) is 8.03. The van der Waals surface area contributed by atoms with Gasteiger partial charge in [0.2, 0.25) is 0 Å². The van der Waals surface area contributed by atoms with E-state index in [1.807, 2.05) is 6.92 Å². The zero-order valence-electron chi connectivity index (χ0n) is 9.33. The number of carbonyl (C=O) groups is 1. The van der Waals surface area contributed by atoms with Crippen LogP contribution in [0.25, 0.3) is 0 Å². The van der Waals surface area contributed by atoms with Crippen LogP contribution in [0.3, 0.4) is 0 Å². The zero-order chi connectivity index (χ0) is 10.6. The Morgan fingerprint density at radius 2 is 2.07 bits per heavy atom. The van der Waals surface area contributed by atoms with Gasteiger partial charge in [-0.25, -0.2) is 0 Å². The number of rotatable bonds is 1. The highest BCUT2D eigenvalue weighted by Gasteiger charge is 2.58. The minimum Gasteiger partial charge on any atom is -0.455 e. The minimum atomic E-state index is -0.371. The van der Waals surface area contributed by atoms with Crippen LogP contribution in [0.15, 0.2) is 12.2 Å². The Morgan fingerprint density at radius 1 is 1.43 bits per heavy atom. The molecular formula is C12H18O2. The summed E-state index contributed by atoms with van der Waals surface area (Å²) in [7, 11) is 0. The molecule has 0 aliphatic heterocycles. The Labute approximate surface area is 85.3 Å². The maximum atomic E-state index is 11.0. The lowest BCUT2D eigenvalue weighted by Crippen LogP contribution is -2.58. The van der Waals surface area contributed by atoms with E-state index in [0.29, 0.717) is 17.3 Å². The first-order chi connectivity index (χ1) is 6.36. The van der Waals surface area contributed by atoms with E-state index in [4.69, 9.17) is 4.74 Å². The molecule has 1 fully saturated rings. The lowest BCUT2D eigenvalue weighted by molar-refractivity contribution is -0.178. The van der Waals surface area contributed by atoms with Crippen LogP contribution in [-0.2, 0) is 9.53 Å². The standard InChI is InChI=1S/C12H18O2/c1-8(13)14-12(4)6-5-9-7-10(12)11(9,2)3/h5-6,9-10H,7H2,1-4H3/t9?,10-,12?/m0/s1. The number of hydrogen-bond acceptors (Lipinski definition) is 2. The Balaban J connectivity index is 2.26. The van der Waals surface area contributed by atoms with E-state index in [-0.39, 0.29) is 11.6 Å². The normalized spacial score (nSPS) is 42.9. The van der Waals surface area contributed by atoms with Crippen LogP contribution < -0.4 is 0 Å². The number of allylic oxidation sites excluding steroid dienone is 1. The molecule has 0 aromatic heterocycles. The summed E-state index contributed by atoms with van der Waals surface area (Å²) >= 11 is 0. The summed E-state index contributed by atoms with van der Waals surface area (Å²) in [4.78, 5) is 11.0. The van der Waals surface area contributed by atoms with Crippen LogP contribution in [0.1, 0.15) is 34.1 Å². The third kappa shape index (κ3) is 1.13. The van der Waals surface area contributed by atoms with E-state index in [1.165, 1.54) is 6.92 Å². The molecule has 0 N–H and O–H groups in total. The van der Waals surface area contributed by atoms with Gasteiger partial charge in [0.1, 0.15) is 5.60 Å². The van der Waals surface area contributed by atoms with E-state index in [0.717, 1.165) is 6.42 Å².